The number of piperidine rings is 2. The molecule has 2 fully saturated rings. The minimum atomic E-state index is 0. The number of aliphatic imine (C=N–C) groups is 1. The summed E-state index contributed by atoms with van der Waals surface area (Å²) in [6.45, 7) is 7.84. The molecule has 0 radical (unpaired) electrons. The number of nitrogens with one attached hydrogen (secondary N) is 1. The molecule has 1 aromatic carbocycles. The van der Waals surface area contributed by atoms with Gasteiger partial charge in [0.25, 0.3) is 0 Å². The molecule has 3 atom stereocenters. The maximum atomic E-state index is 4.55. The number of rotatable bonds is 5. The van der Waals surface area contributed by atoms with Crippen LogP contribution in [0.1, 0.15) is 31.7 Å². The van der Waals surface area contributed by atoms with E-state index in [2.05, 4.69) is 63.6 Å². The van der Waals surface area contributed by atoms with Gasteiger partial charge in [0.1, 0.15) is 0 Å². The zero-order valence-corrected chi connectivity index (χ0v) is 20.1. The molecular weight excluding hydrogens is 467 g/mol. The Balaban J connectivity index is 0.00000261. The summed E-state index contributed by atoms with van der Waals surface area (Å²) in [6, 6.07) is 11.7. The second-order valence-corrected chi connectivity index (χ2v) is 8.91. The zero-order chi connectivity index (χ0) is 18.4. The van der Waals surface area contributed by atoms with Crippen LogP contribution in [-0.2, 0) is 6.54 Å². The molecule has 1 N–H and O–H groups in total. The Labute approximate surface area is 186 Å². The van der Waals surface area contributed by atoms with E-state index in [0.29, 0.717) is 5.25 Å². The summed E-state index contributed by atoms with van der Waals surface area (Å²) in [4.78, 5) is 9.77. The average Bonchev–Trinajstić information content (AvgIpc) is 2.69. The van der Waals surface area contributed by atoms with Gasteiger partial charge in [-0.3, -0.25) is 9.89 Å². The van der Waals surface area contributed by atoms with Crippen LogP contribution in [0.15, 0.2) is 35.3 Å². The van der Waals surface area contributed by atoms with E-state index in [9.17, 15) is 0 Å². The van der Waals surface area contributed by atoms with Crippen molar-refractivity contribution in [1.29, 1.82) is 0 Å². The molecule has 0 amide bonds. The molecule has 2 heterocycles. The number of nitrogens with zero attached hydrogens (tertiary/aromatic N) is 3. The number of fused-ring (bicyclic) bond motifs is 1. The van der Waals surface area contributed by atoms with Gasteiger partial charge in [0, 0.05) is 44.5 Å². The molecule has 0 saturated carbocycles. The minimum Gasteiger partial charge on any atom is -0.355 e. The van der Waals surface area contributed by atoms with Gasteiger partial charge in [-0.25, -0.2) is 0 Å². The Morgan fingerprint density at radius 3 is 2.74 bits per heavy atom. The molecular formula is C21H35IN4S. The first-order chi connectivity index (χ1) is 12.7. The van der Waals surface area contributed by atoms with Gasteiger partial charge >= 0.3 is 0 Å². The van der Waals surface area contributed by atoms with Crippen molar-refractivity contribution in [2.45, 2.75) is 44.0 Å². The highest BCUT2D eigenvalue weighted by Crippen LogP contribution is 2.31. The summed E-state index contributed by atoms with van der Waals surface area (Å²) < 4.78 is 0. The van der Waals surface area contributed by atoms with Crippen LogP contribution in [0.5, 0.6) is 0 Å². The van der Waals surface area contributed by atoms with Crippen LogP contribution in [0.25, 0.3) is 0 Å². The van der Waals surface area contributed by atoms with Crippen LogP contribution in [0.2, 0.25) is 0 Å². The molecule has 152 valence electrons. The van der Waals surface area contributed by atoms with Gasteiger partial charge < -0.3 is 10.2 Å². The molecule has 2 saturated heterocycles. The summed E-state index contributed by atoms with van der Waals surface area (Å²) in [5.41, 5.74) is 1.44. The molecule has 0 aromatic heterocycles. The monoisotopic (exact) mass is 502 g/mol. The third-order valence-corrected chi connectivity index (χ3v) is 6.84. The summed E-state index contributed by atoms with van der Waals surface area (Å²) in [7, 11) is 1.92. The standard InChI is InChI=1S/C21H34N4S.HI/c1-17(26-3)14-23-21(22-2)25-13-11-20-19(16-25)10-7-12-24(20)15-18-8-5-4-6-9-18;/h4-6,8-9,17,19-20H,7,10-16H2,1-3H3,(H,22,23);1H. The van der Waals surface area contributed by atoms with E-state index in [1.807, 2.05) is 18.8 Å². The van der Waals surface area contributed by atoms with Crippen LogP contribution >= 0.6 is 35.7 Å². The van der Waals surface area contributed by atoms with Crippen molar-refractivity contribution in [2.75, 3.05) is 39.5 Å². The highest BCUT2D eigenvalue weighted by Gasteiger charge is 2.36. The van der Waals surface area contributed by atoms with Crippen LogP contribution in [-0.4, -0.2) is 66.5 Å². The summed E-state index contributed by atoms with van der Waals surface area (Å²) in [6.07, 6.45) is 6.09. The van der Waals surface area contributed by atoms with Gasteiger partial charge in [-0.2, -0.15) is 11.8 Å². The van der Waals surface area contributed by atoms with Crippen molar-refractivity contribution >= 4 is 41.7 Å². The molecule has 3 rings (SSSR count). The van der Waals surface area contributed by atoms with Crippen LogP contribution in [0, 0.1) is 5.92 Å². The van der Waals surface area contributed by atoms with Crippen LogP contribution in [0.3, 0.4) is 0 Å². The molecule has 2 aliphatic rings. The Bertz CT molecular complexity index is 583. The molecule has 0 aliphatic carbocycles. The van der Waals surface area contributed by atoms with Gasteiger partial charge in [0.2, 0.25) is 0 Å². The summed E-state index contributed by atoms with van der Waals surface area (Å²) >= 11 is 1.90. The summed E-state index contributed by atoms with van der Waals surface area (Å²) in [5, 5.41) is 4.19. The highest BCUT2D eigenvalue weighted by molar-refractivity contribution is 14.0. The lowest BCUT2D eigenvalue weighted by atomic mass is 9.83. The van der Waals surface area contributed by atoms with E-state index in [-0.39, 0.29) is 24.0 Å². The smallest absolute Gasteiger partial charge is 0.193 e. The highest BCUT2D eigenvalue weighted by atomic mass is 127. The van der Waals surface area contributed by atoms with Crippen molar-refractivity contribution in [2.24, 2.45) is 10.9 Å². The Morgan fingerprint density at radius 1 is 1.26 bits per heavy atom. The normalized spacial score (nSPS) is 24.7. The van der Waals surface area contributed by atoms with Gasteiger partial charge in [0.05, 0.1) is 0 Å². The maximum absolute atomic E-state index is 4.55. The molecule has 6 heteroatoms. The maximum Gasteiger partial charge on any atom is 0.193 e. The van der Waals surface area contributed by atoms with Crippen molar-refractivity contribution in [3.8, 4) is 0 Å². The summed E-state index contributed by atoms with van der Waals surface area (Å²) in [5.74, 6) is 1.85. The molecule has 0 bridgehead atoms. The number of benzene rings is 1. The molecule has 27 heavy (non-hydrogen) atoms. The van der Waals surface area contributed by atoms with E-state index in [1.54, 1.807) is 0 Å². The van der Waals surface area contributed by atoms with Crippen molar-refractivity contribution in [3.63, 3.8) is 0 Å². The second kappa shape index (κ2) is 11.5. The van der Waals surface area contributed by atoms with E-state index in [4.69, 9.17) is 0 Å². The molecule has 2 aliphatic heterocycles. The zero-order valence-electron chi connectivity index (χ0n) is 16.9. The first-order valence-electron chi connectivity index (χ1n) is 9.97. The quantitative estimate of drug-likeness (QED) is 0.376. The fourth-order valence-corrected chi connectivity index (χ4v) is 4.61. The average molecular weight is 503 g/mol. The predicted molar refractivity (Wildman–Crippen MR) is 129 cm³/mol. The van der Waals surface area contributed by atoms with Crippen LogP contribution in [0.4, 0.5) is 0 Å². The van der Waals surface area contributed by atoms with Gasteiger partial charge in [-0.1, -0.05) is 37.3 Å². The number of hydrogen-bond acceptors (Lipinski definition) is 3. The number of guanidine groups is 1. The topological polar surface area (TPSA) is 30.9 Å². The predicted octanol–water partition coefficient (Wildman–Crippen LogP) is 3.92. The van der Waals surface area contributed by atoms with E-state index >= 15 is 0 Å². The van der Waals surface area contributed by atoms with Gasteiger partial charge in [-0.15, -0.1) is 24.0 Å². The third-order valence-electron chi connectivity index (χ3n) is 5.87. The van der Waals surface area contributed by atoms with E-state index in [1.165, 1.54) is 31.4 Å². The molecule has 1 aromatic rings. The number of likely N-dealkylation sites (tertiary alicyclic amines) is 2. The molecule has 0 spiro atoms. The van der Waals surface area contributed by atoms with Gasteiger partial charge in [-0.05, 0) is 43.5 Å². The van der Waals surface area contributed by atoms with Crippen molar-refractivity contribution in [3.05, 3.63) is 35.9 Å². The Morgan fingerprint density at radius 2 is 2.04 bits per heavy atom. The van der Waals surface area contributed by atoms with E-state index < -0.39 is 0 Å². The number of halogens is 1. The van der Waals surface area contributed by atoms with Crippen LogP contribution < -0.4 is 5.32 Å². The second-order valence-electron chi connectivity index (χ2n) is 7.63. The lowest BCUT2D eigenvalue weighted by molar-refractivity contribution is 0.0373. The SMILES string of the molecule is CN=C(NCC(C)SC)N1CCC2C(CCCN2Cc2ccccc2)C1.I. The number of hydrogen-bond donors (Lipinski definition) is 1. The molecule has 3 unspecified atom stereocenters. The first-order valence-corrected chi connectivity index (χ1v) is 11.3. The lowest BCUT2D eigenvalue weighted by Crippen LogP contribution is -2.57. The lowest BCUT2D eigenvalue weighted by Gasteiger charge is -2.48. The van der Waals surface area contributed by atoms with E-state index in [0.717, 1.165) is 44.1 Å². The molecule has 4 nitrogen and oxygen atoms in total. The fraction of sp³-hybridized carbons (Fsp3) is 0.667. The first kappa shape index (κ1) is 22.8. The van der Waals surface area contributed by atoms with Crippen molar-refractivity contribution in [1.82, 2.24) is 15.1 Å². The van der Waals surface area contributed by atoms with Crippen molar-refractivity contribution < 1.29 is 0 Å². The fourth-order valence-electron chi connectivity index (χ4n) is 4.36. The Hall–Kier alpha value is -0.470. The Kier molecular flexibility index (Phi) is 9.73. The largest absolute Gasteiger partial charge is 0.355 e. The number of thioether (sulfide) groups is 1. The third kappa shape index (κ3) is 6.26. The van der Waals surface area contributed by atoms with Gasteiger partial charge in [0.15, 0.2) is 5.96 Å². The minimum absolute atomic E-state index is 0.